The zero-order chi connectivity index (χ0) is 17.9. The van der Waals surface area contributed by atoms with Crippen molar-refractivity contribution in [3.05, 3.63) is 17.7 Å². The second kappa shape index (κ2) is 7.69. The molecular formula is C16H23N3O5S. The summed E-state index contributed by atoms with van der Waals surface area (Å²) in [4.78, 5) is 13.8. The largest absolute Gasteiger partial charge is 0.482 e. The van der Waals surface area contributed by atoms with Gasteiger partial charge in [0, 0.05) is 25.7 Å². The number of nitrogens with one attached hydrogen (secondary N) is 2. The number of aryl methyl sites for hydroxylation is 1. The summed E-state index contributed by atoms with van der Waals surface area (Å²) >= 11 is 0. The molecule has 0 bridgehead atoms. The lowest BCUT2D eigenvalue weighted by Crippen LogP contribution is -2.38. The Balaban J connectivity index is 1.60. The van der Waals surface area contributed by atoms with Crippen LogP contribution in [-0.2, 0) is 19.6 Å². The predicted octanol–water partition coefficient (Wildman–Crippen LogP) is 0.327. The maximum Gasteiger partial charge on any atom is 0.262 e. The smallest absolute Gasteiger partial charge is 0.262 e. The van der Waals surface area contributed by atoms with Gasteiger partial charge in [-0.3, -0.25) is 9.69 Å². The molecule has 1 saturated heterocycles. The highest BCUT2D eigenvalue weighted by Crippen LogP contribution is 2.32. The molecule has 0 aromatic heterocycles. The van der Waals surface area contributed by atoms with Crippen molar-refractivity contribution in [3.63, 3.8) is 0 Å². The van der Waals surface area contributed by atoms with Gasteiger partial charge in [0.2, 0.25) is 10.0 Å². The molecule has 0 aliphatic carbocycles. The molecule has 1 aromatic carbocycles. The maximum absolute atomic E-state index is 12.6. The number of carbonyl (C=O) groups is 1. The monoisotopic (exact) mass is 369 g/mol. The van der Waals surface area contributed by atoms with E-state index in [2.05, 4.69) is 14.9 Å². The number of fused-ring (bicyclic) bond motifs is 1. The van der Waals surface area contributed by atoms with E-state index in [4.69, 9.17) is 9.47 Å². The predicted molar refractivity (Wildman–Crippen MR) is 92.4 cm³/mol. The lowest BCUT2D eigenvalue weighted by Gasteiger charge is -2.26. The van der Waals surface area contributed by atoms with Crippen molar-refractivity contribution in [3.8, 4) is 5.75 Å². The molecule has 0 unspecified atom stereocenters. The van der Waals surface area contributed by atoms with E-state index in [1.165, 1.54) is 6.07 Å². The zero-order valence-corrected chi connectivity index (χ0v) is 15.0. The average molecular weight is 369 g/mol. The second-order valence-electron chi connectivity index (χ2n) is 6.16. The molecule has 25 heavy (non-hydrogen) atoms. The molecule has 9 heteroatoms. The Bertz CT molecular complexity index is 744. The first-order valence-corrected chi connectivity index (χ1v) is 9.81. The number of nitrogens with zero attached hydrogens (tertiary/aromatic N) is 1. The van der Waals surface area contributed by atoms with Crippen LogP contribution in [0.5, 0.6) is 5.75 Å². The highest BCUT2D eigenvalue weighted by molar-refractivity contribution is 7.89. The van der Waals surface area contributed by atoms with Crippen LogP contribution in [0.3, 0.4) is 0 Å². The standard InChI is InChI=1S/C16H23N3O5S/c1-12-9-13-14(24-11-16(20)18-13)10-15(12)25(21,22)17-3-2-4-19-5-7-23-8-6-19/h9-10,17H,2-8,11H2,1H3,(H,18,20). The van der Waals surface area contributed by atoms with Gasteiger partial charge in [-0.25, -0.2) is 13.1 Å². The lowest BCUT2D eigenvalue weighted by atomic mass is 10.2. The molecule has 3 rings (SSSR count). The highest BCUT2D eigenvalue weighted by Gasteiger charge is 2.23. The van der Waals surface area contributed by atoms with Crippen LogP contribution in [0.25, 0.3) is 0 Å². The molecule has 1 amide bonds. The minimum atomic E-state index is -3.63. The summed E-state index contributed by atoms with van der Waals surface area (Å²) < 4.78 is 38.4. The molecule has 0 saturated carbocycles. The van der Waals surface area contributed by atoms with Gasteiger partial charge in [-0.2, -0.15) is 0 Å². The number of rotatable bonds is 6. The summed E-state index contributed by atoms with van der Waals surface area (Å²) in [6.07, 6.45) is 0.732. The van der Waals surface area contributed by atoms with Gasteiger partial charge in [0.25, 0.3) is 5.91 Å². The molecule has 1 aromatic rings. The summed E-state index contributed by atoms with van der Waals surface area (Å²) in [7, 11) is -3.63. The van der Waals surface area contributed by atoms with Crippen LogP contribution in [-0.4, -0.2) is 65.2 Å². The van der Waals surface area contributed by atoms with Gasteiger partial charge in [-0.05, 0) is 31.5 Å². The Morgan fingerprint density at radius 2 is 2.04 bits per heavy atom. The van der Waals surface area contributed by atoms with Gasteiger partial charge >= 0.3 is 0 Å². The van der Waals surface area contributed by atoms with Crippen LogP contribution >= 0.6 is 0 Å². The first-order valence-electron chi connectivity index (χ1n) is 8.33. The van der Waals surface area contributed by atoms with Gasteiger partial charge in [-0.15, -0.1) is 0 Å². The van der Waals surface area contributed by atoms with Gasteiger partial charge in [-0.1, -0.05) is 0 Å². The van der Waals surface area contributed by atoms with E-state index in [-0.39, 0.29) is 17.4 Å². The minimum absolute atomic E-state index is 0.109. The first-order chi connectivity index (χ1) is 12.0. The number of hydrogen-bond donors (Lipinski definition) is 2. The molecule has 0 spiro atoms. The molecule has 2 N–H and O–H groups in total. The molecule has 2 aliphatic rings. The van der Waals surface area contributed by atoms with Crippen molar-refractivity contribution in [2.45, 2.75) is 18.2 Å². The van der Waals surface area contributed by atoms with Crippen molar-refractivity contribution in [1.82, 2.24) is 9.62 Å². The molecule has 2 heterocycles. The highest BCUT2D eigenvalue weighted by atomic mass is 32.2. The lowest BCUT2D eigenvalue weighted by molar-refractivity contribution is -0.118. The maximum atomic E-state index is 12.6. The third-order valence-corrected chi connectivity index (χ3v) is 5.85. The van der Waals surface area contributed by atoms with Crippen LogP contribution in [0, 0.1) is 6.92 Å². The van der Waals surface area contributed by atoms with Crippen molar-refractivity contribution in [1.29, 1.82) is 0 Å². The fraction of sp³-hybridized carbons (Fsp3) is 0.562. The number of ether oxygens (including phenoxy) is 2. The second-order valence-corrected chi connectivity index (χ2v) is 7.89. The quantitative estimate of drug-likeness (QED) is 0.702. The summed E-state index contributed by atoms with van der Waals surface area (Å²) in [6, 6.07) is 3.09. The number of morpholine rings is 1. The Labute approximate surface area is 147 Å². The molecular weight excluding hydrogens is 346 g/mol. The van der Waals surface area contributed by atoms with E-state index in [1.54, 1.807) is 13.0 Å². The Morgan fingerprint density at radius 1 is 1.28 bits per heavy atom. The van der Waals surface area contributed by atoms with Crippen molar-refractivity contribution < 1.29 is 22.7 Å². The van der Waals surface area contributed by atoms with Gasteiger partial charge in [0.05, 0.1) is 23.8 Å². The Morgan fingerprint density at radius 3 is 2.80 bits per heavy atom. The molecule has 8 nitrogen and oxygen atoms in total. The van der Waals surface area contributed by atoms with Crippen molar-refractivity contribution in [2.24, 2.45) is 0 Å². The Hall–Kier alpha value is -1.68. The number of amides is 1. The van der Waals surface area contributed by atoms with Crippen LogP contribution in [0.2, 0.25) is 0 Å². The summed E-state index contributed by atoms with van der Waals surface area (Å²) in [5, 5.41) is 2.67. The average Bonchev–Trinajstić information content (AvgIpc) is 2.59. The summed E-state index contributed by atoms with van der Waals surface area (Å²) in [6.45, 7) is 6.04. The summed E-state index contributed by atoms with van der Waals surface area (Å²) in [5.41, 5.74) is 1.06. The molecule has 2 aliphatic heterocycles. The topological polar surface area (TPSA) is 97.0 Å². The molecule has 1 fully saturated rings. The van der Waals surface area contributed by atoms with E-state index in [1.807, 2.05) is 0 Å². The molecule has 138 valence electrons. The number of sulfonamides is 1. The van der Waals surface area contributed by atoms with E-state index in [0.29, 0.717) is 23.5 Å². The molecule has 0 radical (unpaired) electrons. The fourth-order valence-corrected chi connectivity index (χ4v) is 4.23. The van der Waals surface area contributed by atoms with Crippen molar-refractivity contribution in [2.75, 3.05) is 51.3 Å². The minimum Gasteiger partial charge on any atom is -0.482 e. The summed E-state index contributed by atoms with van der Waals surface area (Å²) in [5.74, 6) is 0.127. The van der Waals surface area contributed by atoms with Crippen LogP contribution in [0.1, 0.15) is 12.0 Å². The fourth-order valence-electron chi connectivity index (χ4n) is 2.92. The first kappa shape index (κ1) is 18.1. The number of benzene rings is 1. The van der Waals surface area contributed by atoms with E-state index >= 15 is 0 Å². The number of hydrogen-bond acceptors (Lipinski definition) is 6. The van der Waals surface area contributed by atoms with E-state index in [0.717, 1.165) is 39.3 Å². The number of anilines is 1. The zero-order valence-electron chi connectivity index (χ0n) is 14.2. The van der Waals surface area contributed by atoms with Crippen LogP contribution < -0.4 is 14.8 Å². The third-order valence-electron chi connectivity index (χ3n) is 4.25. The van der Waals surface area contributed by atoms with Crippen molar-refractivity contribution >= 4 is 21.6 Å². The van der Waals surface area contributed by atoms with Gasteiger partial charge < -0.3 is 14.8 Å². The van der Waals surface area contributed by atoms with E-state index < -0.39 is 10.0 Å². The Kier molecular flexibility index (Phi) is 5.57. The molecule has 0 atom stereocenters. The normalized spacial score (nSPS) is 18.4. The van der Waals surface area contributed by atoms with Gasteiger partial charge in [0.15, 0.2) is 6.61 Å². The van der Waals surface area contributed by atoms with Crippen LogP contribution in [0.4, 0.5) is 5.69 Å². The van der Waals surface area contributed by atoms with Gasteiger partial charge in [0.1, 0.15) is 5.75 Å². The SMILES string of the molecule is Cc1cc2c(cc1S(=O)(=O)NCCCN1CCOCC1)OCC(=O)N2. The third kappa shape index (κ3) is 4.49. The number of carbonyl (C=O) groups excluding carboxylic acids is 1. The van der Waals surface area contributed by atoms with Crippen LogP contribution in [0.15, 0.2) is 17.0 Å². The van der Waals surface area contributed by atoms with E-state index in [9.17, 15) is 13.2 Å².